The lowest BCUT2D eigenvalue weighted by Gasteiger charge is -2.02. The third-order valence-electron chi connectivity index (χ3n) is 2.16. The minimum absolute atomic E-state index is 0.166. The molecule has 0 saturated carbocycles. The van der Waals surface area contributed by atoms with Crippen molar-refractivity contribution in [2.45, 2.75) is 19.9 Å². The van der Waals surface area contributed by atoms with Crippen LogP contribution >= 0.6 is 0 Å². The standard InChI is InChI=1S/C12H17NO5/c1-3-17-11(14)6-7-13-8-9-4-5-10(18-9)12(15)16-2/h4-5,13H,3,6-8H2,1-2H3. The highest BCUT2D eigenvalue weighted by molar-refractivity contribution is 5.86. The lowest BCUT2D eigenvalue weighted by atomic mass is 10.4. The summed E-state index contributed by atoms with van der Waals surface area (Å²) in [6, 6.07) is 3.23. The number of furan rings is 1. The monoisotopic (exact) mass is 255 g/mol. The molecule has 6 nitrogen and oxygen atoms in total. The van der Waals surface area contributed by atoms with Crippen molar-refractivity contribution in [1.82, 2.24) is 5.32 Å². The number of methoxy groups -OCH3 is 1. The van der Waals surface area contributed by atoms with Gasteiger partial charge >= 0.3 is 11.9 Å². The molecule has 0 amide bonds. The molecule has 0 unspecified atom stereocenters. The Kier molecular flexibility index (Phi) is 5.93. The first-order chi connectivity index (χ1) is 8.67. The van der Waals surface area contributed by atoms with Crippen molar-refractivity contribution >= 4 is 11.9 Å². The van der Waals surface area contributed by atoms with Crippen molar-refractivity contribution in [3.05, 3.63) is 23.7 Å². The van der Waals surface area contributed by atoms with Gasteiger partial charge in [0.05, 0.1) is 26.7 Å². The summed E-state index contributed by atoms with van der Waals surface area (Å²) in [7, 11) is 1.29. The minimum atomic E-state index is -0.507. The van der Waals surface area contributed by atoms with Crippen LogP contribution < -0.4 is 5.32 Å². The van der Waals surface area contributed by atoms with Crippen LogP contribution in [0.4, 0.5) is 0 Å². The van der Waals surface area contributed by atoms with E-state index in [0.717, 1.165) is 0 Å². The molecule has 1 rings (SSSR count). The zero-order valence-corrected chi connectivity index (χ0v) is 10.5. The van der Waals surface area contributed by atoms with Crippen molar-refractivity contribution < 1.29 is 23.5 Å². The average molecular weight is 255 g/mol. The highest BCUT2D eigenvalue weighted by Gasteiger charge is 2.10. The first-order valence-electron chi connectivity index (χ1n) is 5.70. The molecule has 6 heteroatoms. The molecule has 0 aliphatic heterocycles. The van der Waals surface area contributed by atoms with Crippen LogP contribution in [-0.4, -0.2) is 32.2 Å². The van der Waals surface area contributed by atoms with Gasteiger partial charge in [-0.05, 0) is 19.1 Å². The summed E-state index contributed by atoms with van der Waals surface area (Å²) in [4.78, 5) is 22.2. The summed E-state index contributed by atoms with van der Waals surface area (Å²) in [5.41, 5.74) is 0. The Bertz CT molecular complexity index is 399. The van der Waals surface area contributed by atoms with E-state index in [1.165, 1.54) is 7.11 Å². The van der Waals surface area contributed by atoms with Crippen LogP contribution in [-0.2, 0) is 20.8 Å². The number of hydrogen-bond donors (Lipinski definition) is 1. The lowest BCUT2D eigenvalue weighted by molar-refractivity contribution is -0.142. The molecule has 0 atom stereocenters. The quantitative estimate of drug-likeness (QED) is 0.581. The van der Waals surface area contributed by atoms with Gasteiger partial charge in [0.1, 0.15) is 5.76 Å². The number of carbonyl (C=O) groups is 2. The fourth-order valence-electron chi connectivity index (χ4n) is 1.32. The molecule has 18 heavy (non-hydrogen) atoms. The first-order valence-corrected chi connectivity index (χ1v) is 5.70. The SMILES string of the molecule is CCOC(=O)CCNCc1ccc(C(=O)OC)o1. The van der Waals surface area contributed by atoms with Crippen LogP contribution in [0, 0.1) is 0 Å². The van der Waals surface area contributed by atoms with Crippen LogP contribution in [0.25, 0.3) is 0 Å². The van der Waals surface area contributed by atoms with Crippen LogP contribution in [0.5, 0.6) is 0 Å². The third-order valence-corrected chi connectivity index (χ3v) is 2.16. The maximum absolute atomic E-state index is 11.1. The second-order valence-corrected chi connectivity index (χ2v) is 3.49. The number of nitrogens with one attached hydrogen (secondary N) is 1. The molecule has 0 spiro atoms. The van der Waals surface area contributed by atoms with Gasteiger partial charge < -0.3 is 19.2 Å². The summed E-state index contributed by atoms with van der Waals surface area (Å²) in [5.74, 6) is 0.0337. The van der Waals surface area contributed by atoms with E-state index in [0.29, 0.717) is 31.9 Å². The summed E-state index contributed by atoms with van der Waals surface area (Å²) in [6.45, 7) is 3.09. The molecular formula is C12H17NO5. The highest BCUT2D eigenvalue weighted by atomic mass is 16.5. The van der Waals surface area contributed by atoms with E-state index >= 15 is 0 Å². The number of hydrogen-bond acceptors (Lipinski definition) is 6. The molecule has 0 fully saturated rings. The maximum atomic E-state index is 11.1. The van der Waals surface area contributed by atoms with Crippen molar-refractivity contribution in [2.75, 3.05) is 20.3 Å². The molecule has 0 saturated heterocycles. The van der Waals surface area contributed by atoms with Crippen LogP contribution in [0.2, 0.25) is 0 Å². The predicted octanol–water partition coefficient (Wildman–Crippen LogP) is 1.11. The molecule has 1 aromatic heterocycles. The highest BCUT2D eigenvalue weighted by Crippen LogP contribution is 2.08. The van der Waals surface area contributed by atoms with Gasteiger partial charge in [0, 0.05) is 6.54 Å². The molecule has 0 aliphatic carbocycles. The molecule has 0 radical (unpaired) electrons. The summed E-state index contributed by atoms with van der Waals surface area (Å²) >= 11 is 0. The van der Waals surface area contributed by atoms with Crippen LogP contribution in [0.3, 0.4) is 0 Å². The van der Waals surface area contributed by atoms with Gasteiger partial charge in [0.25, 0.3) is 0 Å². The Morgan fingerprint density at radius 3 is 2.83 bits per heavy atom. The third kappa shape index (κ3) is 4.58. The van der Waals surface area contributed by atoms with Crippen molar-refractivity contribution in [1.29, 1.82) is 0 Å². The largest absolute Gasteiger partial charge is 0.466 e. The molecule has 1 N–H and O–H groups in total. The zero-order valence-electron chi connectivity index (χ0n) is 10.5. The lowest BCUT2D eigenvalue weighted by Crippen LogP contribution is -2.18. The minimum Gasteiger partial charge on any atom is -0.466 e. The Labute approximate surface area is 105 Å². The number of carbonyl (C=O) groups excluding carboxylic acids is 2. The van der Waals surface area contributed by atoms with Crippen molar-refractivity contribution in [3.8, 4) is 0 Å². The Balaban J connectivity index is 2.25. The Hall–Kier alpha value is -1.82. The molecule has 100 valence electrons. The Morgan fingerprint density at radius 2 is 2.17 bits per heavy atom. The average Bonchev–Trinajstić information content (AvgIpc) is 2.83. The topological polar surface area (TPSA) is 77.8 Å². The van der Waals surface area contributed by atoms with Crippen molar-refractivity contribution in [2.24, 2.45) is 0 Å². The molecule has 0 aromatic carbocycles. The van der Waals surface area contributed by atoms with Gasteiger partial charge in [-0.25, -0.2) is 4.79 Å². The molecule has 0 aliphatic rings. The summed E-state index contributed by atoms with van der Waals surface area (Å²) in [5, 5.41) is 3.01. The van der Waals surface area contributed by atoms with E-state index in [9.17, 15) is 9.59 Å². The summed E-state index contributed by atoms with van der Waals surface area (Å²) < 4.78 is 14.5. The number of esters is 2. The van der Waals surface area contributed by atoms with E-state index in [2.05, 4.69) is 10.1 Å². The van der Waals surface area contributed by atoms with E-state index in [1.807, 2.05) is 0 Å². The smallest absolute Gasteiger partial charge is 0.373 e. The van der Waals surface area contributed by atoms with Gasteiger partial charge in [0.2, 0.25) is 5.76 Å². The summed E-state index contributed by atoms with van der Waals surface area (Å²) in [6.07, 6.45) is 0.304. The zero-order chi connectivity index (χ0) is 13.4. The predicted molar refractivity (Wildman–Crippen MR) is 63.0 cm³/mol. The normalized spacial score (nSPS) is 10.1. The van der Waals surface area contributed by atoms with Gasteiger partial charge in [-0.2, -0.15) is 0 Å². The fraction of sp³-hybridized carbons (Fsp3) is 0.500. The number of rotatable bonds is 7. The second-order valence-electron chi connectivity index (χ2n) is 3.49. The van der Waals surface area contributed by atoms with E-state index in [4.69, 9.17) is 9.15 Å². The van der Waals surface area contributed by atoms with E-state index in [-0.39, 0.29) is 11.7 Å². The number of ether oxygens (including phenoxy) is 2. The second kappa shape index (κ2) is 7.50. The van der Waals surface area contributed by atoms with Crippen molar-refractivity contribution in [3.63, 3.8) is 0 Å². The van der Waals surface area contributed by atoms with Crippen LogP contribution in [0.1, 0.15) is 29.7 Å². The van der Waals surface area contributed by atoms with Crippen LogP contribution in [0.15, 0.2) is 16.5 Å². The fourth-order valence-corrected chi connectivity index (χ4v) is 1.32. The molecule has 1 heterocycles. The Morgan fingerprint density at radius 1 is 1.39 bits per heavy atom. The van der Waals surface area contributed by atoms with Gasteiger partial charge in [-0.3, -0.25) is 4.79 Å². The molecule has 1 aromatic rings. The van der Waals surface area contributed by atoms with Gasteiger partial charge in [0.15, 0.2) is 0 Å². The van der Waals surface area contributed by atoms with Gasteiger partial charge in [-0.15, -0.1) is 0 Å². The molecule has 0 bridgehead atoms. The maximum Gasteiger partial charge on any atom is 0.373 e. The molecular weight excluding hydrogens is 238 g/mol. The first kappa shape index (κ1) is 14.2. The van der Waals surface area contributed by atoms with E-state index in [1.54, 1.807) is 19.1 Å². The van der Waals surface area contributed by atoms with Gasteiger partial charge in [-0.1, -0.05) is 0 Å². The van der Waals surface area contributed by atoms with E-state index < -0.39 is 5.97 Å².